The van der Waals surface area contributed by atoms with Crippen LogP contribution in [0, 0.1) is 11.3 Å². The fourth-order valence-corrected chi connectivity index (χ4v) is 2.18. The van der Waals surface area contributed by atoms with Gasteiger partial charge in [0.25, 0.3) is 0 Å². The number of rotatable bonds is 7. The van der Waals surface area contributed by atoms with Gasteiger partial charge in [0.15, 0.2) is 0 Å². The van der Waals surface area contributed by atoms with Gasteiger partial charge in [-0.2, -0.15) is 5.26 Å². The number of ether oxygens (including phenoxy) is 1. The second-order valence-corrected chi connectivity index (χ2v) is 6.57. The fourth-order valence-electron chi connectivity index (χ4n) is 2.18. The molecule has 6 nitrogen and oxygen atoms in total. The molecule has 1 aromatic heterocycles. The molecule has 0 unspecified atom stereocenters. The standard InChI is InChI=1S/C17H27N3O3/c1-6-17(7-2,12-19-15(21)23-16(3,4)5)20-11-14-9-8-13(10-18)22-14/h8-9,20H,6-7,11-12H2,1-5H3,(H,19,21). The van der Waals surface area contributed by atoms with Crippen molar-refractivity contribution < 1.29 is 13.9 Å². The van der Waals surface area contributed by atoms with Gasteiger partial charge in [-0.25, -0.2) is 4.79 Å². The quantitative estimate of drug-likeness (QED) is 0.804. The van der Waals surface area contributed by atoms with Gasteiger partial charge in [-0.05, 0) is 45.7 Å². The average Bonchev–Trinajstić information content (AvgIpc) is 2.94. The van der Waals surface area contributed by atoms with E-state index in [0.717, 1.165) is 12.8 Å². The van der Waals surface area contributed by atoms with Crippen LogP contribution < -0.4 is 10.6 Å². The number of furan rings is 1. The van der Waals surface area contributed by atoms with Gasteiger partial charge < -0.3 is 19.8 Å². The topological polar surface area (TPSA) is 87.3 Å². The summed E-state index contributed by atoms with van der Waals surface area (Å²) in [5, 5.41) is 15.0. The smallest absolute Gasteiger partial charge is 0.407 e. The molecule has 0 aliphatic rings. The first-order chi connectivity index (χ1) is 10.7. The molecular weight excluding hydrogens is 294 g/mol. The Morgan fingerprint density at radius 3 is 2.43 bits per heavy atom. The summed E-state index contributed by atoms with van der Waals surface area (Å²) in [6, 6.07) is 5.40. The van der Waals surface area contributed by atoms with Crippen LogP contribution in [0.2, 0.25) is 0 Å². The van der Waals surface area contributed by atoms with Gasteiger partial charge in [0, 0.05) is 12.1 Å². The maximum atomic E-state index is 11.8. The molecule has 0 aliphatic carbocycles. The molecule has 0 radical (unpaired) electrons. The van der Waals surface area contributed by atoms with E-state index < -0.39 is 11.7 Å². The number of alkyl carbamates (subject to hydrolysis) is 1. The van der Waals surface area contributed by atoms with Crippen molar-refractivity contribution in [3.8, 4) is 6.07 Å². The van der Waals surface area contributed by atoms with Crippen LogP contribution in [-0.2, 0) is 11.3 Å². The van der Waals surface area contributed by atoms with E-state index in [9.17, 15) is 4.79 Å². The van der Waals surface area contributed by atoms with Crippen molar-refractivity contribution in [1.29, 1.82) is 5.26 Å². The van der Waals surface area contributed by atoms with Gasteiger partial charge in [0.2, 0.25) is 5.76 Å². The van der Waals surface area contributed by atoms with E-state index in [1.54, 1.807) is 12.1 Å². The third kappa shape index (κ3) is 6.33. The number of hydrogen-bond acceptors (Lipinski definition) is 5. The molecule has 6 heteroatoms. The van der Waals surface area contributed by atoms with Crippen LogP contribution >= 0.6 is 0 Å². The number of carbonyl (C=O) groups is 1. The highest BCUT2D eigenvalue weighted by molar-refractivity contribution is 5.67. The first kappa shape index (κ1) is 19.0. The van der Waals surface area contributed by atoms with Crippen LogP contribution in [-0.4, -0.2) is 23.8 Å². The Bertz CT molecular complexity index is 548. The third-order valence-corrected chi connectivity index (χ3v) is 3.73. The van der Waals surface area contributed by atoms with E-state index in [0.29, 0.717) is 24.6 Å². The van der Waals surface area contributed by atoms with Crippen molar-refractivity contribution in [3.63, 3.8) is 0 Å². The van der Waals surface area contributed by atoms with Crippen LogP contribution in [0.1, 0.15) is 59.0 Å². The Morgan fingerprint density at radius 2 is 1.96 bits per heavy atom. The number of nitriles is 1. The van der Waals surface area contributed by atoms with Crippen molar-refractivity contribution in [2.75, 3.05) is 6.54 Å². The zero-order valence-electron chi connectivity index (χ0n) is 14.7. The van der Waals surface area contributed by atoms with Crippen LogP contribution in [0.3, 0.4) is 0 Å². The molecule has 0 fully saturated rings. The van der Waals surface area contributed by atoms with Crippen molar-refractivity contribution in [3.05, 3.63) is 23.7 Å². The number of amides is 1. The number of carbonyl (C=O) groups excluding carboxylic acids is 1. The maximum Gasteiger partial charge on any atom is 0.407 e. The van der Waals surface area contributed by atoms with Gasteiger partial charge in [-0.1, -0.05) is 13.8 Å². The predicted molar refractivity (Wildman–Crippen MR) is 87.8 cm³/mol. The first-order valence-corrected chi connectivity index (χ1v) is 7.94. The normalized spacial score (nSPS) is 11.8. The molecule has 0 aromatic carbocycles. The van der Waals surface area contributed by atoms with Gasteiger partial charge in [-0.3, -0.25) is 0 Å². The van der Waals surface area contributed by atoms with Crippen LogP contribution in [0.25, 0.3) is 0 Å². The molecule has 2 N–H and O–H groups in total. The first-order valence-electron chi connectivity index (χ1n) is 7.94. The van der Waals surface area contributed by atoms with E-state index in [1.807, 2.05) is 26.8 Å². The number of nitrogens with zero attached hydrogens (tertiary/aromatic N) is 1. The monoisotopic (exact) mass is 321 g/mol. The minimum absolute atomic E-state index is 0.253. The number of hydrogen-bond donors (Lipinski definition) is 2. The summed E-state index contributed by atoms with van der Waals surface area (Å²) in [4.78, 5) is 11.8. The summed E-state index contributed by atoms with van der Waals surface area (Å²) in [5.41, 5.74) is -0.767. The van der Waals surface area contributed by atoms with Gasteiger partial charge in [-0.15, -0.1) is 0 Å². The van der Waals surface area contributed by atoms with Crippen LogP contribution in [0.15, 0.2) is 16.5 Å². The molecule has 1 amide bonds. The lowest BCUT2D eigenvalue weighted by Gasteiger charge is -2.33. The lowest BCUT2D eigenvalue weighted by atomic mass is 9.92. The van der Waals surface area contributed by atoms with Crippen molar-refractivity contribution in [2.45, 2.75) is 65.1 Å². The summed E-state index contributed by atoms with van der Waals surface area (Å²) in [6.07, 6.45) is 1.26. The molecule has 128 valence electrons. The van der Waals surface area contributed by atoms with Crippen molar-refractivity contribution in [1.82, 2.24) is 10.6 Å². The highest BCUT2D eigenvalue weighted by Crippen LogP contribution is 2.17. The molecule has 0 bridgehead atoms. The van der Waals surface area contributed by atoms with E-state index in [-0.39, 0.29) is 5.54 Å². The molecule has 1 rings (SSSR count). The van der Waals surface area contributed by atoms with E-state index in [1.165, 1.54) is 0 Å². The molecule has 1 aromatic rings. The Labute approximate surface area is 138 Å². The highest BCUT2D eigenvalue weighted by Gasteiger charge is 2.27. The number of nitrogens with one attached hydrogen (secondary N) is 2. The molecule has 0 atom stereocenters. The largest absolute Gasteiger partial charge is 0.449 e. The van der Waals surface area contributed by atoms with Crippen molar-refractivity contribution in [2.24, 2.45) is 0 Å². The molecule has 0 saturated heterocycles. The minimum atomic E-state index is -0.513. The predicted octanol–water partition coefficient (Wildman–Crippen LogP) is 3.32. The zero-order valence-corrected chi connectivity index (χ0v) is 14.7. The van der Waals surface area contributed by atoms with Gasteiger partial charge in [0.1, 0.15) is 17.4 Å². The van der Waals surface area contributed by atoms with Crippen molar-refractivity contribution >= 4 is 6.09 Å². The fraction of sp³-hybridized carbons (Fsp3) is 0.647. The SMILES string of the molecule is CCC(CC)(CNC(=O)OC(C)(C)C)NCc1ccc(C#N)o1. The molecule has 1 heterocycles. The zero-order chi connectivity index (χ0) is 17.5. The Balaban J connectivity index is 2.60. The summed E-state index contributed by atoms with van der Waals surface area (Å²) < 4.78 is 10.6. The summed E-state index contributed by atoms with van der Waals surface area (Å²) in [6.45, 7) is 10.6. The Hall–Kier alpha value is -2.00. The average molecular weight is 321 g/mol. The second kappa shape index (κ2) is 8.02. The molecular formula is C17H27N3O3. The summed E-state index contributed by atoms with van der Waals surface area (Å²) in [5.74, 6) is 0.998. The molecule has 23 heavy (non-hydrogen) atoms. The van der Waals surface area contributed by atoms with E-state index >= 15 is 0 Å². The highest BCUT2D eigenvalue weighted by atomic mass is 16.6. The summed E-state index contributed by atoms with van der Waals surface area (Å²) in [7, 11) is 0. The third-order valence-electron chi connectivity index (χ3n) is 3.73. The lowest BCUT2D eigenvalue weighted by Crippen LogP contribution is -2.53. The van der Waals surface area contributed by atoms with E-state index in [2.05, 4.69) is 24.5 Å². The lowest BCUT2D eigenvalue weighted by molar-refractivity contribution is 0.0506. The van der Waals surface area contributed by atoms with Crippen LogP contribution in [0.4, 0.5) is 4.79 Å². The van der Waals surface area contributed by atoms with E-state index in [4.69, 9.17) is 14.4 Å². The molecule has 0 aliphatic heterocycles. The van der Waals surface area contributed by atoms with Gasteiger partial charge in [0.05, 0.1) is 6.54 Å². The maximum absolute atomic E-state index is 11.8. The second-order valence-electron chi connectivity index (χ2n) is 6.57. The summed E-state index contributed by atoms with van der Waals surface area (Å²) >= 11 is 0. The molecule has 0 saturated carbocycles. The molecule has 0 spiro atoms. The van der Waals surface area contributed by atoms with Crippen LogP contribution in [0.5, 0.6) is 0 Å². The minimum Gasteiger partial charge on any atom is -0.449 e. The van der Waals surface area contributed by atoms with Gasteiger partial charge >= 0.3 is 6.09 Å². The Kier molecular flexibility index (Phi) is 6.64. The Morgan fingerprint density at radius 1 is 1.30 bits per heavy atom.